The van der Waals surface area contributed by atoms with E-state index < -0.39 is 31.1 Å². The summed E-state index contributed by atoms with van der Waals surface area (Å²) in [6, 6.07) is 39.2. The van der Waals surface area contributed by atoms with Crippen molar-refractivity contribution in [3.8, 4) is 0 Å². The van der Waals surface area contributed by atoms with E-state index in [0.29, 0.717) is 11.1 Å². The molecule has 0 aliphatic rings. The lowest BCUT2D eigenvalue weighted by Crippen LogP contribution is -2.13. The van der Waals surface area contributed by atoms with Crippen molar-refractivity contribution in [1.29, 1.82) is 0 Å². The fourth-order valence-electron chi connectivity index (χ4n) is 8.67. The molecule has 0 radical (unpaired) electrons. The van der Waals surface area contributed by atoms with Crippen molar-refractivity contribution in [3.63, 3.8) is 0 Å². The quantitative estimate of drug-likeness (QED) is 0.114. The Bertz CT molecular complexity index is 3960. The van der Waals surface area contributed by atoms with Crippen LogP contribution in [0.4, 0.5) is 34.3 Å². The predicted molar refractivity (Wildman–Crippen MR) is 411 cm³/mol. The van der Waals surface area contributed by atoms with Crippen molar-refractivity contribution in [2.24, 2.45) is 0 Å². The zero-order valence-electron chi connectivity index (χ0n) is 63.9. The maximum atomic E-state index is 10.9. The summed E-state index contributed by atoms with van der Waals surface area (Å²) >= 11 is 0. The van der Waals surface area contributed by atoms with Crippen LogP contribution in [0.5, 0.6) is 0 Å². The molecular weight excluding hydrogens is 1310 g/mol. The summed E-state index contributed by atoms with van der Waals surface area (Å²) < 4.78 is 0. The molecule has 1 N–H and O–H groups in total. The molecule has 24 nitrogen and oxygen atoms in total. The first-order valence-electron chi connectivity index (χ1n) is 32.7. The number of nitro groups is 6. The minimum absolute atomic E-state index is 0. The molecule has 0 saturated heterocycles. The van der Waals surface area contributed by atoms with Crippen LogP contribution in [-0.4, -0.2) is 60.6 Å². The summed E-state index contributed by atoms with van der Waals surface area (Å²) in [6.07, 6.45) is 8.44. The molecule has 0 amide bonds. The van der Waals surface area contributed by atoms with E-state index in [9.17, 15) is 65.5 Å². The van der Waals surface area contributed by atoms with E-state index in [2.05, 4.69) is 121 Å². The molecule has 4 aromatic carbocycles. The van der Waals surface area contributed by atoms with Gasteiger partial charge in [-0.1, -0.05) is 222 Å². The normalized spacial score (nSPS) is 11.2. The summed E-state index contributed by atoms with van der Waals surface area (Å²) in [4.78, 5) is 87.3. The highest BCUT2D eigenvalue weighted by Crippen LogP contribution is 2.35. The van der Waals surface area contributed by atoms with Gasteiger partial charge in [-0.25, -0.2) is 4.79 Å². The third kappa shape index (κ3) is 33.1. The van der Waals surface area contributed by atoms with Crippen LogP contribution in [0.15, 0.2) is 171 Å². The number of benzene rings is 4. The average molecular weight is 1420 g/mol. The number of carboxylic acids is 1. The van der Waals surface area contributed by atoms with Crippen molar-refractivity contribution in [2.45, 2.75) is 224 Å². The molecule has 0 saturated carbocycles. The first-order chi connectivity index (χ1) is 46.4. The van der Waals surface area contributed by atoms with Crippen molar-refractivity contribution in [2.75, 3.05) is 0 Å². The van der Waals surface area contributed by atoms with E-state index in [4.69, 9.17) is 5.11 Å². The number of aromatic nitrogens is 4. The Morgan fingerprint density at radius 1 is 0.330 bits per heavy atom. The molecule has 558 valence electrons. The number of pyridine rings is 4. The highest BCUT2D eigenvalue weighted by atomic mass is 16.6. The molecule has 0 bridgehead atoms. The highest BCUT2D eigenvalue weighted by molar-refractivity contribution is 5.89. The lowest BCUT2D eigenvalue weighted by molar-refractivity contribution is -0.394. The van der Waals surface area contributed by atoms with Gasteiger partial charge in [0.05, 0.1) is 41.9 Å². The number of nitrogens with zero attached hydrogens (tertiary/aromatic N) is 10. The molecule has 4 heterocycles. The largest absolute Gasteiger partial charge is 0.478 e. The number of rotatable bonds is 7. The summed E-state index contributed by atoms with van der Waals surface area (Å²) in [5.41, 5.74) is 8.43. The second kappa shape index (κ2) is 39.0. The topological polar surface area (TPSA) is 348 Å². The summed E-state index contributed by atoms with van der Waals surface area (Å²) in [7, 11) is 0. The van der Waals surface area contributed by atoms with Gasteiger partial charge in [0.1, 0.15) is 6.20 Å². The van der Waals surface area contributed by atoms with Gasteiger partial charge in [-0.2, -0.15) is 0 Å². The van der Waals surface area contributed by atoms with Gasteiger partial charge < -0.3 is 15.2 Å². The molecule has 0 fully saturated rings. The van der Waals surface area contributed by atoms with Gasteiger partial charge in [0.2, 0.25) is 0 Å². The summed E-state index contributed by atoms with van der Waals surface area (Å²) in [6.45, 7) is 50.6. The van der Waals surface area contributed by atoms with Gasteiger partial charge >= 0.3 is 11.8 Å². The van der Waals surface area contributed by atoms with Crippen LogP contribution in [0, 0.1) is 67.6 Å². The second-order valence-electron chi connectivity index (χ2n) is 31.9. The van der Waals surface area contributed by atoms with Crippen molar-refractivity contribution in [1.82, 2.24) is 19.9 Å². The van der Waals surface area contributed by atoms with Gasteiger partial charge in [0, 0.05) is 94.9 Å². The molecule has 24 heteroatoms. The average Bonchev–Trinajstić information content (AvgIpc) is 0.816. The monoisotopic (exact) mass is 1420 g/mol. The third-order valence-corrected chi connectivity index (χ3v) is 14.9. The first-order valence-corrected chi connectivity index (χ1v) is 32.7. The van der Waals surface area contributed by atoms with Gasteiger partial charge in [-0.05, 0) is 120 Å². The minimum Gasteiger partial charge on any atom is -0.478 e. The van der Waals surface area contributed by atoms with Crippen LogP contribution in [0.1, 0.15) is 234 Å². The van der Waals surface area contributed by atoms with Gasteiger partial charge in [-0.15, -0.1) is 0 Å². The van der Waals surface area contributed by atoms with Gasteiger partial charge in [-0.3, -0.25) is 65.5 Å². The molecule has 0 aliphatic heterocycles. The Kier molecular flexibility index (Phi) is 34.9. The van der Waals surface area contributed by atoms with Gasteiger partial charge in [0.25, 0.3) is 28.4 Å². The standard InChI is InChI=1S/C12H16O2.C10H12N2O4.2C10H13NO2.2C9H12N2O2.2C9H13N.CH4/c1-8-5-6-9(12(2,3)4)7-10(8)11(13)14;1-10(2,3)8-5-4-7(11(13)14)6-9(8)12(15)16;1-10(2,3)8-4-6-9(7-5-8)11(12)13;1-10(2,3)8-6-4-5-7-9(8)11(12)13;1-9(2,3)8-6-7(11(12)13)4-5-10-8;1-9(2,3)7-4-5-10-8(6-7)11(12)13;1-9(2,3)8-4-6-10-7-5-8;1-9(2,3)8-6-4-5-7-10-8;/h5-7H,1-4H3,(H,13,14);4-6H,1-3H3;2*4-7H,1-3H3;2*4-6H,1-3H3;2*4-7H,1-3H3;1H4. The summed E-state index contributed by atoms with van der Waals surface area (Å²) in [5.74, 6) is -0.943. The molecule has 4 aromatic heterocycles. The number of aromatic carboxylic acids is 1. The second-order valence-corrected chi connectivity index (χ2v) is 31.9. The molecule has 0 atom stereocenters. The number of para-hydroxylation sites is 1. The lowest BCUT2D eigenvalue weighted by atomic mass is 9.85. The minimum atomic E-state index is -0.853. The van der Waals surface area contributed by atoms with Crippen LogP contribution in [0.3, 0.4) is 0 Å². The van der Waals surface area contributed by atoms with Crippen LogP contribution in [-0.2, 0) is 43.3 Å². The van der Waals surface area contributed by atoms with Gasteiger partial charge in [0.15, 0.2) is 0 Å². The fourth-order valence-corrected chi connectivity index (χ4v) is 8.67. The Labute approximate surface area is 607 Å². The first kappa shape index (κ1) is 92.4. The SMILES string of the molecule is C.CC(C)(C)c1cc([N+](=O)[O-])ccn1.CC(C)(C)c1ccc([N+](=O)[O-])cc1.CC(C)(C)c1ccc([N+](=O)[O-])cc1[N+](=O)[O-].CC(C)(C)c1ccccc1[N+](=O)[O-].CC(C)(C)c1ccccn1.CC(C)(C)c1ccnc([N+](=O)[O-])c1.CC(C)(C)c1ccncc1.Cc1ccc(C(C)(C)C)cc1C(=O)O. The van der Waals surface area contributed by atoms with Crippen LogP contribution >= 0.6 is 0 Å². The Balaban J connectivity index is 0.00000116. The molecule has 0 unspecified atom stereocenters. The number of hydrogen-bond acceptors (Lipinski definition) is 17. The fraction of sp³-hybridized carbons (Fsp3) is 0.430. The Morgan fingerprint density at radius 2 is 0.718 bits per heavy atom. The zero-order chi connectivity index (χ0) is 78.9. The molecule has 8 rings (SSSR count). The molecule has 8 aromatic rings. The lowest BCUT2D eigenvalue weighted by Gasteiger charge is -2.19. The van der Waals surface area contributed by atoms with E-state index in [1.807, 2.05) is 139 Å². The maximum absolute atomic E-state index is 10.9. The Morgan fingerprint density at radius 3 is 1.10 bits per heavy atom. The molecular formula is C79H108N10O14. The summed E-state index contributed by atoms with van der Waals surface area (Å²) in [5, 5.41) is 72.2. The van der Waals surface area contributed by atoms with E-state index in [1.54, 1.807) is 54.6 Å². The van der Waals surface area contributed by atoms with E-state index in [0.717, 1.165) is 45.3 Å². The van der Waals surface area contributed by atoms with Crippen LogP contribution in [0.25, 0.3) is 0 Å². The number of hydrogen-bond donors (Lipinski definition) is 1. The molecule has 0 spiro atoms. The smallest absolute Gasteiger partial charge is 0.363 e. The third-order valence-electron chi connectivity index (χ3n) is 14.9. The Hall–Kier alpha value is -10.7. The van der Waals surface area contributed by atoms with Crippen LogP contribution < -0.4 is 0 Å². The van der Waals surface area contributed by atoms with E-state index >= 15 is 0 Å². The number of nitro benzene ring substituents is 4. The van der Waals surface area contributed by atoms with E-state index in [1.165, 1.54) is 48.3 Å². The van der Waals surface area contributed by atoms with Crippen molar-refractivity contribution in [3.05, 3.63) is 287 Å². The highest BCUT2D eigenvalue weighted by Gasteiger charge is 2.28. The number of carboxylic acid groups (broad SMARTS) is 1. The van der Waals surface area contributed by atoms with Crippen molar-refractivity contribution < 1.29 is 39.4 Å². The van der Waals surface area contributed by atoms with Crippen LogP contribution in [0.2, 0.25) is 0 Å². The van der Waals surface area contributed by atoms with Crippen molar-refractivity contribution >= 4 is 40.2 Å². The molecule has 103 heavy (non-hydrogen) atoms. The number of non-ortho nitro benzene ring substituents is 2. The number of carbonyl (C=O) groups is 1. The predicted octanol–water partition coefficient (Wildman–Crippen LogP) is 21.5. The zero-order valence-corrected chi connectivity index (χ0v) is 63.9. The maximum Gasteiger partial charge on any atom is 0.363 e. The van der Waals surface area contributed by atoms with E-state index in [-0.39, 0.29) is 89.4 Å². The molecule has 0 aliphatic carbocycles. The number of aryl methyl sites for hydroxylation is 1.